The monoisotopic (exact) mass is 262 g/mol. The summed E-state index contributed by atoms with van der Waals surface area (Å²) in [6, 6.07) is 5.42. The fourth-order valence-electron chi connectivity index (χ4n) is 2.65. The van der Waals surface area contributed by atoms with E-state index in [2.05, 4.69) is 12.2 Å². The number of benzene rings is 1. The lowest BCUT2D eigenvalue weighted by atomic mass is 9.86. The molecule has 4 nitrogen and oxygen atoms in total. The maximum Gasteiger partial charge on any atom is 0.253 e. The van der Waals surface area contributed by atoms with Crippen LogP contribution in [-0.4, -0.2) is 19.1 Å². The van der Waals surface area contributed by atoms with Gasteiger partial charge in [-0.2, -0.15) is 0 Å². The number of methoxy groups -OCH3 is 1. The number of nitrogens with two attached hydrogens (primary N) is 1. The zero-order chi connectivity index (χ0) is 13.8. The lowest BCUT2D eigenvalue weighted by Gasteiger charge is -2.29. The zero-order valence-electron chi connectivity index (χ0n) is 11.6. The fraction of sp³-hybridized carbons (Fsp3) is 0.533. The van der Waals surface area contributed by atoms with Gasteiger partial charge in [-0.25, -0.2) is 0 Å². The van der Waals surface area contributed by atoms with E-state index in [4.69, 9.17) is 10.5 Å². The van der Waals surface area contributed by atoms with Gasteiger partial charge in [0.2, 0.25) is 0 Å². The second kappa shape index (κ2) is 5.95. The minimum atomic E-state index is -0.0843. The van der Waals surface area contributed by atoms with Crippen LogP contribution in [0.1, 0.15) is 43.0 Å². The summed E-state index contributed by atoms with van der Waals surface area (Å²) in [5, 5.41) is 3.10. The number of amides is 1. The third-order valence-corrected chi connectivity index (χ3v) is 3.93. The van der Waals surface area contributed by atoms with Crippen molar-refractivity contribution in [1.29, 1.82) is 0 Å². The van der Waals surface area contributed by atoms with Crippen LogP contribution >= 0.6 is 0 Å². The second-order valence-electron chi connectivity index (χ2n) is 5.29. The van der Waals surface area contributed by atoms with Crippen molar-refractivity contribution in [2.45, 2.75) is 38.6 Å². The van der Waals surface area contributed by atoms with Crippen LogP contribution in [0, 0.1) is 5.92 Å². The number of rotatable bonds is 3. The van der Waals surface area contributed by atoms with E-state index in [0.29, 0.717) is 22.9 Å². The van der Waals surface area contributed by atoms with Crippen molar-refractivity contribution in [2.24, 2.45) is 5.92 Å². The highest BCUT2D eigenvalue weighted by Gasteiger charge is 2.23. The van der Waals surface area contributed by atoms with Crippen molar-refractivity contribution >= 4 is 11.6 Å². The Hall–Kier alpha value is -1.71. The first-order valence-corrected chi connectivity index (χ1v) is 6.86. The summed E-state index contributed by atoms with van der Waals surface area (Å²) in [5.41, 5.74) is 6.88. The van der Waals surface area contributed by atoms with Crippen LogP contribution in [0.4, 0.5) is 5.69 Å². The minimum Gasteiger partial charge on any atom is -0.497 e. The highest BCUT2D eigenvalue weighted by atomic mass is 16.5. The first-order chi connectivity index (χ1) is 9.11. The second-order valence-corrected chi connectivity index (χ2v) is 5.29. The molecule has 0 aromatic heterocycles. The van der Waals surface area contributed by atoms with Crippen LogP contribution < -0.4 is 15.8 Å². The van der Waals surface area contributed by atoms with Gasteiger partial charge in [0.1, 0.15) is 5.75 Å². The van der Waals surface area contributed by atoms with E-state index in [1.165, 1.54) is 19.3 Å². The topological polar surface area (TPSA) is 64.3 Å². The van der Waals surface area contributed by atoms with E-state index in [0.717, 1.165) is 6.42 Å². The molecule has 19 heavy (non-hydrogen) atoms. The normalized spacial score (nSPS) is 22.8. The maximum absolute atomic E-state index is 12.2. The molecule has 1 amide bonds. The van der Waals surface area contributed by atoms with Crippen LogP contribution in [-0.2, 0) is 0 Å². The van der Waals surface area contributed by atoms with Gasteiger partial charge < -0.3 is 15.8 Å². The molecule has 0 bridgehead atoms. The smallest absolute Gasteiger partial charge is 0.253 e. The summed E-state index contributed by atoms with van der Waals surface area (Å²) in [5.74, 6) is 1.12. The van der Waals surface area contributed by atoms with Gasteiger partial charge in [-0.05, 0) is 30.9 Å². The molecule has 2 atom stereocenters. The maximum atomic E-state index is 12.2. The lowest BCUT2D eigenvalue weighted by Crippen LogP contribution is -2.41. The lowest BCUT2D eigenvalue weighted by molar-refractivity contribution is 0.0911. The number of carbonyl (C=O) groups excluding carboxylic acids is 1. The van der Waals surface area contributed by atoms with Crippen molar-refractivity contribution in [1.82, 2.24) is 5.32 Å². The summed E-state index contributed by atoms with van der Waals surface area (Å²) in [7, 11) is 1.58. The first-order valence-electron chi connectivity index (χ1n) is 6.86. The van der Waals surface area contributed by atoms with E-state index in [1.807, 2.05) is 0 Å². The Balaban J connectivity index is 2.07. The van der Waals surface area contributed by atoms with Crippen LogP contribution in [0.25, 0.3) is 0 Å². The first kappa shape index (κ1) is 13.7. The molecule has 0 spiro atoms. The standard InChI is InChI=1S/C15H22N2O2/c1-10-5-3-4-6-14(10)17-15(18)12-8-7-11(19-2)9-13(12)16/h7-10,14H,3-6,16H2,1-2H3,(H,17,18). The van der Waals surface area contributed by atoms with E-state index in [9.17, 15) is 4.79 Å². The summed E-state index contributed by atoms with van der Waals surface area (Å²) in [6.45, 7) is 2.20. The number of hydrogen-bond acceptors (Lipinski definition) is 3. The van der Waals surface area contributed by atoms with Gasteiger partial charge in [0.05, 0.1) is 12.7 Å². The average molecular weight is 262 g/mol. The minimum absolute atomic E-state index is 0.0843. The summed E-state index contributed by atoms with van der Waals surface area (Å²) >= 11 is 0. The molecule has 0 aliphatic heterocycles. The number of nitrogens with one attached hydrogen (secondary N) is 1. The van der Waals surface area contributed by atoms with Crippen molar-refractivity contribution in [3.63, 3.8) is 0 Å². The van der Waals surface area contributed by atoms with Gasteiger partial charge in [0.15, 0.2) is 0 Å². The molecule has 104 valence electrons. The van der Waals surface area contributed by atoms with E-state index < -0.39 is 0 Å². The molecular formula is C15H22N2O2. The predicted octanol–water partition coefficient (Wildman–Crippen LogP) is 2.59. The largest absolute Gasteiger partial charge is 0.497 e. The Morgan fingerprint density at radius 1 is 1.37 bits per heavy atom. The summed E-state index contributed by atoms with van der Waals surface area (Å²) < 4.78 is 5.09. The summed E-state index contributed by atoms with van der Waals surface area (Å²) in [4.78, 5) is 12.2. The van der Waals surface area contributed by atoms with E-state index in [-0.39, 0.29) is 11.9 Å². The molecule has 1 saturated carbocycles. The third kappa shape index (κ3) is 3.19. The molecular weight excluding hydrogens is 240 g/mol. The molecule has 4 heteroatoms. The van der Waals surface area contributed by atoms with Crippen molar-refractivity contribution in [3.8, 4) is 5.75 Å². The highest BCUT2D eigenvalue weighted by Crippen LogP contribution is 2.25. The van der Waals surface area contributed by atoms with Gasteiger partial charge in [-0.1, -0.05) is 19.8 Å². The summed E-state index contributed by atoms with van der Waals surface area (Å²) in [6.07, 6.45) is 4.69. The Morgan fingerprint density at radius 2 is 2.11 bits per heavy atom. The van der Waals surface area contributed by atoms with Gasteiger partial charge >= 0.3 is 0 Å². The van der Waals surface area contributed by atoms with Crippen LogP contribution in [0.5, 0.6) is 5.75 Å². The number of ether oxygens (including phenoxy) is 1. The molecule has 1 fully saturated rings. The van der Waals surface area contributed by atoms with E-state index in [1.54, 1.807) is 25.3 Å². The van der Waals surface area contributed by atoms with Gasteiger partial charge in [-0.3, -0.25) is 4.79 Å². The number of anilines is 1. The molecule has 0 saturated heterocycles. The number of nitrogen functional groups attached to an aromatic ring is 1. The average Bonchev–Trinajstić information content (AvgIpc) is 2.41. The Labute approximate surface area is 114 Å². The van der Waals surface area contributed by atoms with Crippen molar-refractivity contribution < 1.29 is 9.53 Å². The Kier molecular flexibility index (Phi) is 4.30. The molecule has 1 aliphatic rings. The molecule has 1 aliphatic carbocycles. The molecule has 0 radical (unpaired) electrons. The molecule has 3 N–H and O–H groups in total. The number of carbonyl (C=O) groups is 1. The van der Waals surface area contributed by atoms with Crippen LogP contribution in [0.15, 0.2) is 18.2 Å². The van der Waals surface area contributed by atoms with Crippen LogP contribution in [0.2, 0.25) is 0 Å². The number of hydrogen-bond donors (Lipinski definition) is 2. The quantitative estimate of drug-likeness (QED) is 0.823. The Bertz CT molecular complexity index is 459. The predicted molar refractivity (Wildman–Crippen MR) is 76.3 cm³/mol. The molecule has 1 aromatic rings. The van der Waals surface area contributed by atoms with Crippen molar-refractivity contribution in [2.75, 3.05) is 12.8 Å². The molecule has 0 heterocycles. The SMILES string of the molecule is COc1ccc(C(=O)NC2CCCCC2C)c(N)c1. The van der Waals surface area contributed by atoms with Gasteiger partial charge in [0, 0.05) is 17.8 Å². The molecule has 2 unspecified atom stereocenters. The van der Waals surface area contributed by atoms with Crippen LogP contribution in [0.3, 0.4) is 0 Å². The van der Waals surface area contributed by atoms with E-state index >= 15 is 0 Å². The third-order valence-electron chi connectivity index (χ3n) is 3.93. The van der Waals surface area contributed by atoms with Gasteiger partial charge in [-0.15, -0.1) is 0 Å². The molecule has 1 aromatic carbocycles. The molecule has 2 rings (SSSR count). The zero-order valence-corrected chi connectivity index (χ0v) is 11.6. The highest BCUT2D eigenvalue weighted by molar-refractivity contribution is 5.99. The fourth-order valence-corrected chi connectivity index (χ4v) is 2.65. The van der Waals surface area contributed by atoms with Crippen molar-refractivity contribution in [3.05, 3.63) is 23.8 Å². The van der Waals surface area contributed by atoms with Gasteiger partial charge in [0.25, 0.3) is 5.91 Å². The Morgan fingerprint density at radius 3 is 2.74 bits per heavy atom.